The number of aromatic nitrogens is 4. The molecule has 4 rings (SSSR count). The summed E-state index contributed by atoms with van der Waals surface area (Å²) in [5.41, 5.74) is 3.22. The Labute approximate surface area is 173 Å². The number of thioether (sulfide) groups is 1. The Balaban J connectivity index is 1.52. The van der Waals surface area contributed by atoms with Crippen molar-refractivity contribution >= 4 is 29.1 Å². The maximum Gasteiger partial charge on any atom is 0.231 e. The number of benzene rings is 1. The number of fused-ring (bicyclic) bond motifs is 1. The van der Waals surface area contributed by atoms with Crippen LogP contribution in [0.4, 0.5) is 5.69 Å². The molecular weight excluding hydrogens is 386 g/mol. The van der Waals surface area contributed by atoms with E-state index in [4.69, 9.17) is 0 Å². The standard InChI is InChI=1S/C21H21N5O2S/c1-3-10-26-19(14-6-8-22-9-7-14)24-25-21(26)29-12-18(27)15-4-5-17-16(11-15)13(2)20(28)23-17/h4-9,11,13H,3,10,12H2,1-2H3,(H,23,28)/t13-/m1/s1. The molecule has 0 unspecified atom stereocenters. The first-order valence-electron chi connectivity index (χ1n) is 9.53. The van der Waals surface area contributed by atoms with E-state index in [1.165, 1.54) is 11.8 Å². The van der Waals surface area contributed by atoms with Crippen LogP contribution < -0.4 is 5.32 Å². The molecule has 1 amide bonds. The molecule has 8 heteroatoms. The van der Waals surface area contributed by atoms with Crippen molar-refractivity contribution in [3.8, 4) is 11.4 Å². The smallest absolute Gasteiger partial charge is 0.231 e. The Morgan fingerprint density at radius 2 is 2.00 bits per heavy atom. The van der Waals surface area contributed by atoms with Crippen LogP contribution >= 0.6 is 11.8 Å². The van der Waals surface area contributed by atoms with Gasteiger partial charge in [-0.2, -0.15) is 0 Å². The number of hydrogen-bond acceptors (Lipinski definition) is 6. The molecule has 29 heavy (non-hydrogen) atoms. The molecule has 3 heterocycles. The summed E-state index contributed by atoms with van der Waals surface area (Å²) in [5.74, 6) is 0.768. The van der Waals surface area contributed by atoms with Crippen LogP contribution in [-0.4, -0.2) is 37.2 Å². The van der Waals surface area contributed by atoms with Gasteiger partial charge in [0.25, 0.3) is 0 Å². The number of Topliss-reactive ketones (excluding diaryl/α,β-unsaturated/α-hetero) is 1. The van der Waals surface area contributed by atoms with E-state index in [0.29, 0.717) is 5.56 Å². The lowest BCUT2D eigenvalue weighted by Crippen LogP contribution is -2.08. The first-order chi connectivity index (χ1) is 14.1. The van der Waals surface area contributed by atoms with Crippen LogP contribution in [-0.2, 0) is 11.3 Å². The zero-order chi connectivity index (χ0) is 20.4. The molecule has 7 nitrogen and oxygen atoms in total. The summed E-state index contributed by atoms with van der Waals surface area (Å²) in [6, 6.07) is 9.18. The zero-order valence-electron chi connectivity index (χ0n) is 16.3. The van der Waals surface area contributed by atoms with Crippen molar-refractivity contribution in [3.05, 3.63) is 53.9 Å². The molecule has 1 atom stereocenters. The summed E-state index contributed by atoms with van der Waals surface area (Å²) in [6.07, 6.45) is 4.39. The summed E-state index contributed by atoms with van der Waals surface area (Å²) >= 11 is 1.38. The Bertz CT molecular complexity index is 1060. The maximum atomic E-state index is 12.8. The number of hydrogen-bond donors (Lipinski definition) is 1. The Hall–Kier alpha value is -3.00. The molecule has 3 aromatic rings. The van der Waals surface area contributed by atoms with E-state index in [1.54, 1.807) is 24.5 Å². The predicted molar refractivity (Wildman–Crippen MR) is 112 cm³/mol. The minimum Gasteiger partial charge on any atom is -0.325 e. The van der Waals surface area contributed by atoms with Gasteiger partial charge < -0.3 is 9.88 Å². The van der Waals surface area contributed by atoms with E-state index in [0.717, 1.165) is 40.8 Å². The van der Waals surface area contributed by atoms with Crippen molar-refractivity contribution < 1.29 is 9.59 Å². The van der Waals surface area contributed by atoms with Crippen LogP contribution in [0.25, 0.3) is 11.4 Å². The Kier molecular flexibility index (Phi) is 5.44. The highest BCUT2D eigenvalue weighted by atomic mass is 32.2. The summed E-state index contributed by atoms with van der Waals surface area (Å²) < 4.78 is 2.04. The third-order valence-electron chi connectivity index (χ3n) is 4.93. The third-order valence-corrected chi connectivity index (χ3v) is 5.89. The van der Waals surface area contributed by atoms with Crippen molar-refractivity contribution in [2.45, 2.75) is 37.9 Å². The molecule has 0 saturated carbocycles. The Morgan fingerprint density at radius 3 is 2.76 bits per heavy atom. The molecule has 0 spiro atoms. The second-order valence-corrected chi connectivity index (χ2v) is 7.86. The fourth-order valence-corrected chi connectivity index (χ4v) is 4.20. The van der Waals surface area contributed by atoms with Crippen molar-refractivity contribution in [2.75, 3.05) is 11.1 Å². The largest absolute Gasteiger partial charge is 0.325 e. The fraction of sp³-hybridized carbons (Fsp3) is 0.286. The highest BCUT2D eigenvalue weighted by molar-refractivity contribution is 7.99. The van der Waals surface area contributed by atoms with E-state index in [1.807, 2.05) is 29.7 Å². The van der Waals surface area contributed by atoms with Gasteiger partial charge in [0, 0.05) is 35.8 Å². The van der Waals surface area contributed by atoms with E-state index in [2.05, 4.69) is 27.4 Å². The number of pyridine rings is 1. The van der Waals surface area contributed by atoms with Crippen LogP contribution in [0.5, 0.6) is 0 Å². The van der Waals surface area contributed by atoms with Gasteiger partial charge in [-0.3, -0.25) is 14.6 Å². The molecule has 0 saturated heterocycles. The molecule has 1 N–H and O–H groups in total. The van der Waals surface area contributed by atoms with Gasteiger partial charge in [0.15, 0.2) is 16.8 Å². The number of amides is 1. The number of ketones is 1. The molecule has 0 aliphatic carbocycles. The second-order valence-electron chi connectivity index (χ2n) is 6.92. The Morgan fingerprint density at radius 1 is 1.21 bits per heavy atom. The third kappa shape index (κ3) is 3.80. The quantitative estimate of drug-likeness (QED) is 0.474. The molecule has 0 radical (unpaired) electrons. The zero-order valence-corrected chi connectivity index (χ0v) is 17.1. The minimum atomic E-state index is -0.235. The van der Waals surface area contributed by atoms with Gasteiger partial charge in [0.05, 0.1) is 11.7 Å². The monoisotopic (exact) mass is 407 g/mol. The van der Waals surface area contributed by atoms with Crippen LogP contribution in [0.1, 0.15) is 42.1 Å². The van der Waals surface area contributed by atoms with Crippen LogP contribution in [0.3, 0.4) is 0 Å². The van der Waals surface area contributed by atoms with E-state index < -0.39 is 0 Å². The van der Waals surface area contributed by atoms with Gasteiger partial charge in [0.2, 0.25) is 5.91 Å². The molecule has 0 bridgehead atoms. The predicted octanol–water partition coefficient (Wildman–Crippen LogP) is 3.78. The van der Waals surface area contributed by atoms with Crippen LogP contribution in [0.15, 0.2) is 47.9 Å². The minimum absolute atomic E-state index is 0.000795. The molecule has 1 aliphatic heterocycles. The lowest BCUT2D eigenvalue weighted by Gasteiger charge is -2.09. The highest BCUT2D eigenvalue weighted by Gasteiger charge is 2.27. The SMILES string of the molecule is CCCn1c(SCC(=O)c2ccc3c(c2)[C@@H](C)C(=O)N3)nnc1-c1ccncc1. The van der Waals surface area contributed by atoms with Crippen LogP contribution in [0.2, 0.25) is 0 Å². The highest BCUT2D eigenvalue weighted by Crippen LogP contribution is 2.33. The lowest BCUT2D eigenvalue weighted by molar-refractivity contribution is -0.116. The van der Waals surface area contributed by atoms with Crippen molar-refractivity contribution in [2.24, 2.45) is 0 Å². The first-order valence-corrected chi connectivity index (χ1v) is 10.5. The number of carbonyl (C=O) groups excluding carboxylic acids is 2. The molecule has 0 fully saturated rings. The number of nitrogens with one attached hydrogen (secondary N) is 1. The van der Waals surface area contributed by atoms with Gasteiger partial charge in [-0.15, -0.1) is 10.2 Å². The van der Waals surface area contributed by atoms with Crippen molar-refractivity contribution in [3.63, 3.8) is 0 Å². The fourth-order valence-electron chi connectivity index (χ4n) is 3.34. The van der Waals surface area contributed by atoms with E-state index in [9.17, 15) is 9.59 Å². The number of nitrogens with zero attached hydrogens (tertiary/aromatic N) is 4. The van der Waals surface area contributed by atoms with E-state index in [-0.39, 0.29) is 23.4 Å². The number of carbonyl (C=O) groups is 2. The molecule has 2 aromatic heterocycles. The molecular formula is C21H21N5O2S. The number of rotatable bonds is 7. The second kappa shape index (κ2) is 8.16. The topological polar surface area (TPSA) is 89.8 Å². The average molecular weight is 407 g/mol. The van der Waals surface area contributed by atoms with Gasteiger partial charge in [-0.05, 0) is 49.2 Å². The lowest BCUT2D eigenvalue weighted by atomic mass is 9.99. The summed E-state index contributed by atoms with van der Waals surface area (Å²) in [4.78, 5) is 28.6. The van der Waals surface area contributed by atoms with E-state index >= 15 is 0 Å². The summed E-state index contributed by atoms with van der Waals surface area (Å²) in [7, 11) is 0. The van der Waals surface area contributed by atoms with Crippen molar-refractivity contribution in [1.82, 2.24) is 19.7 Å². The van der Waals surface area contributed by atoms with Gasteiger partial charge in [0.1, 0.15) is 0 Å². The first kappa shape index (κ1) is 19.3. The molecule has 1 aromatic carbocycles. The average Bonchev–Trinajstić information content (AvgIpc) is 3.27. The molecule has 1 aliphatic rings. The van der Waals surface area contributed by atoms with Gasteiger partial charge in [-0.25, -0.2) is 0 Å². The van der Waals surface area contributed by atoms with Gasteiger partial charge >= 0.3 is 0 Å². The number of anilines is 1. The van der Waals surface area contributed by atoms with Crippen LogP contribution in [0, 0.1) is 0 Å². The van der Waals surface area contributed by atoms with Gasteiger partial charge in [-0.1, -0.05) is 18.7 Å². The maximum absolute atomic E-state index is 12.8. The molecule has 148 valence electrons. The summed E-state index contributed by atoms with van der Waals surface area (Å²) in [5, 5.41) is 12.2. The normalized spacial score (nSPS) is 15.2. The summed E-state index contributed by atoms with van der Waals surface area (Å²) in [6.45, 7) is 4.71. The van der Waals surface area contributed by atoms with Crippen molar-refractivity contribution in [1.29, 1.82) is 0 Å².